The van der Waals surface area contributed by atoms with Crippen LogP contribution in [0.2, 0.25) is 0 Å². The maximum absolute atomic E-state index is 5.46. The predicted molar refractivity (Wildman–Crippen MR) is 73.3 cm³/mol. The molecule has 1 N–H and O–H groups in total. The lowest BCUT2D eigenvalue weighted by Crippen LogP contribution is -2.23. The summed E-state index contributed by atoms with van der Waals surface area (Å²) >= 11 is 0. The van der Waals surface area contributed by atoms with E-state index in [-0.39, 0.29) is 0 Å². The largest absolute Gasteiger partial charge is 0.382 e. The van der Waals surface area contributed by atoms with Crippen LogP contribution in [0, 0.1) is 6.92 Å². The molecule has 0 fully saturated rings. The van der Waals surface area contributed by atoms with Gasteiger partial charge >= 0.3 is 0 Å². The van der Waals surface area contributed by atoms with Crippen LogP contribution < -0.4 is 5.32 Å². The van der Waals surface area contributed by atoms with Crippen LogP contribution in [0.25, 0.3) is 0 Å². The van der Waals surface area contributed by atoms with Crippen molar-refractivity contribution in [1.82, 2.24) is 5.32 Å². The van der Waals surface area contributed by atoms with E-state index in [2.05, 4.69) is 43.4 Å². The first kappa shape index (κ1) is 14.2. The van der Waals surface area contributed by atoms with E-state index in [0.717, 1.165) is 32.6 Å². The number of benzene rings is 1. The normalized spacial score (nSPS) is 12.6. The lowest BCUT2D eigenvalue weighted by atomic mass is 10.0. The van der Waals surface area contributed by atoms with E-state index in [9.17, 15) is 0 Å². The fourth-order valence-electron chi connectivity index (χ4n) is 1.94. The van der Waals surface area contributed by atoms with Crippen LogP contribution in [0.4, 0.5) is 0 Å². The predicted octanol–water partition coefficient (Wildman–Crippen LogP) is 3.46. The van der Waals surface area contributed by atoms with Crippen molar-refractivity contribution in [3.63, 3.8) is 0 Å². The second-order valence-corrected chi connectivity index (χ2v) is 4.41. The molecule has 1 rings (SSSR count). The number of ether oxygens (including phenoxy) is 1. The SMILES string of the molecule is CCCNC(CCOCC)c1cccc(C)c1. The van der Waals surface area contributed by atoms with Gasteiger partial charge in [-0.25, -0.2) is 0 Å². The quantitative estimate of drug-likeness (QED) is 0.697. The van der Waals surface area contributed by atoms with E-state index < -0.39 is 0 Å². The fraction of sp³-hybridized carbons (Fsp3) is 0.600. The minimum atomic E-state index is 0.418. The van der Waals surface area contributed by atoms with Gasteiger partial charge in [-0.3, -0.25) is 0 Å². The highest BCUT2D eigenvalue weighted by Crippen LogP contribution is 2.18. The van der Waals surface area contributed by atoms with Crippen molar-refractivity contribution in [3.05, 3.63) is 35.4 Å². The van der Waals surface area contributed by atoms with Gasteiger partial charge in [-0.05, 0) is 38.8 Å². The molecule has 2 heteroatoms. The molecule has 1 atom stereocenters. The first-order chi connectivity index (χ1) is 8.27. The number of rotatable bonds is 8. The molecule has 0 saturated heterocycles. The van der Waals surface area contributed by atoms with Crippen molar-refractivity contribution >= 4 is 0 Å². The summed E-state index contributed by atoms with van der Waals surface area (Å²) in [5.41, 5.74) is 2.69. The van der Waals surface area contributed by atoms with E-state index in [1.165, 1.54) is 11.1 Å². The molecule has 0 aliphatic carbocycles. The van der Waals surface area contributed by atoms with Crippen molar-refractivity contribution in [3.8, 4) is 0 Å². The molecule has 1 unspecified atom stereocenters. The first-order valence-corrected chi connectivity index (χ1v) is 6.65. The Hall–Kier alpha value is -0.860. The maximum atomic E-state index is 5.46. The van der Waals surface area contributed by atoms with Crippen molar-refractivity contribution in [2.75, 3.05) is 19.8 Å². The van der Waals surface area contributed by atoms with Crippen molar-refractivity contribution in [1.29, 1.82) is 0 Å². The Labute approximate surface area is 105 Å². The summed E-state index contributed by atoms with van der Waals surface area (Å²) in [5, 5.41) is 3.59. The third kappa shape index (κ3) is 5.33. The molecule has 17 heavy (non-hydrogen) atoms. The zero-order valence-corrected chi connectivity index (χ0v) is 11.3. The minimum absolute atomic E-state index is 0.418. The molecule has 1 aromatic carbocycles. The summed E-state index contributed by atoms with van der Waals surface area (Å²) in [6.45, 7) is 9.07. The molecule has 0 aliphatic rings. The van der Waals surface area contributed by atoms with Gasteiger partial charge in [-0.15, -0.1) is 0 Å². The van der Waals surface area contributed by atoms with Crippen molar-refractivity contribution < 1.29 is 4.74 Å². The molecule has 1 aromatic rings. The summed E-state index contributed by atoms with van der Waals surface area (Å²) in [7, 11) is 0. The molecule has 96 valence electrons. The fourth-order valence-corrected chi connectivity index (χ4v) is 1.94. The third-order valence-electron chi connectivity index (χ3n) is 2.84. The molecule has 0 amide bonds. The van der Waals surface area contributed by atoms with Crippen LogP contribution in [-0.2, 0) is 4.74 Å². The molecule has 0 saturated carbocycles. The molecule has 0 spiro atoms. The zero-order chi connectivity index (χ0) is 12.5. The second kappa shape index (κ2) is 8.26. The van der Waals surface area contributed by atoms with Gasteiger partial charge in [-0.2, -0.15) is 0 Å². The van der Waals surface area contributed by atoms with E-state index in [1.807, 2.05) is 6.92 Å². The molecular formula is C15H25NO. The first-order valence-electron chi connectivity index (χ1n) is 6.65. The number of hydrogen-bond acceptors (Lipinski definition) is 2. The van der Waals surface area contributed by atoms with Crippen LogP contribution in [-0.4, -0.2) is 19.8 Å². The summed E-state index contributed by atoms with van der Waals surface area (Å²) in [6.07, 6.45) is 2.20. The van der Waals surface area contributed by atoms with E-state index in [4.69, 9.17) is 4.74 Å². The van der Waals surface area contributed by atoms with Crippen LogP contribution in [0.5, 0.6) is 0 Å². The Morgan fingerprint density at radius 1 is 1.29 bits per heavy atom. The molecule has 2 nitrogen and oxygen atoms in total. The minimum Gasteiger partial charge on any atom is -0.382 e. The molecule has 0 heterocycles. The highest BCUT2D eigenvalue weighted by molar-refractivity contribution is 5.25. The lowest BCUT2D eigenvalue weighted by molar-refractivity contribution is 0.136. The number of nitrogens with one attached hydrogen (secondary N) is 1. The van der Waals surface area contributed by atoms with Crippen LogP contribution in [0.15, 0.2) is 24.3 Å². The van der Waals surface area contributed by atoms with Gasteiger partial charge in [0.2, 0.25) is 0 Å². The highest BCUT2D eigenvalue weighted by atomic mass is 16.5. The average Bonchev–Trinajstić information content (AvgIpc) is 2.33. The Morgan fingerprint density at radius 3 is 2.76 bits per heavy atom. The Balaban J connectivity index is 2.60. The van der Waals surface area contributed by atoms with Crippen LogP contribution in [0.3, 0.4) is 0 Å². The van der Waals surface area contributed by atoms with Gasteiger partial charge in [0.05, 0.1) is 0 Å². The highest BCUT2D eigenvalue weighted by Gasteiger charge is 2.10. The standard InChI is InChI=1S/C15H25NO/c1-4-10-16-15(9-11-17-5-2)14-8-6-7-13(3)12-14/h6-8,12,15-16H,4-5,9-11H2,1-3H3. The average molecular weight is 235 g/mol. The lowest BCUT2D eigenvalue weighted by Gasteiger charge is -2.19. The Morgan fingerprint density at radius 2 is 2.12 bits per heavy atom. The second-order valence-electron chi connectivity index (χ2n) is 4.41. The molecule has 0 aliphatic heterocycles. The van der Waals surface area contributed by atoms with Crippen molar-refractivity contribution in [2.45, 2.75) is 39.7 Å². The summed E-state index contributed by atoms with van der Waals surface area (Å²) < 4.78 is 5.46. The van der Waals surface area contributed by atoms with E-state index in [0.29, 0.717) is 6.04 Å². The smallest absolute Gasteiger partial charge is 0.0484 e. The van der Waals surface area contributed by atoms with Gasteiger partial charge < -0.3 is 10.1 Å². The third-order valence-corrected chi connectivity index (χ3v) is 2.84. The van der Waals surface area contributed by atoms with Gasteiger partial charge in [-0.1, -0.05) is 36.8 Å². The van der Waals surface area contributed by atoms with Crippen LogP contribution >= 0.6 is 0 Å². The van der Waals surface area contributed by atoms with E-state index in [1.54, 1.807) is 0 Å². The van der Waals surface area contributed by atoms with Gasteiger partial charge in [0.15, 0.2) is 0 Å². The monoisotopic (exact) mass is 235 g/mol. The molecule has 0 radical (unpaired) electrons. The maximum Gasteiger partial charge on any atom is 0.0484 e. The molecule has 0 bridgehead atoms. The van der Waals surface area contributed by atoms with Gasteiger partial charge in [0.25, 0.3) is 0 Å². The Bertz CT molecular complexity index is 312. The van der Waals surface area contributed by atoms with Crippen molar-refractivity contribution in [2.24, 2.45) is 0 Å². The van der Waals surface area contributed by atoms with Gasteiger partial charge in [0, 0.05) is 19.3 Å². The van der Waals surface area contributed by atoms with Gasteiger partial charge in [0.1, 0.15) is 0 Å². The summed E-state index contributed by atoms with van der Waals surface area (Å²) in [6, 6.07) is 9.15. The number of aryl methyl sites for hydroxylation is 1. The summed E-state index contributed by atoms with van der Waals surface area (Å²) in [4.78, 5) is 0. The topological polar surface area (TPSA) is 21.3 Å². The Kier molecular flexibility index (Phi) is 6.90. The number of hydrogen-bond donors (Lipinski definition) is 1. The molecule has 0 aromatic heterocycles. The van der Waals surface area contributed by atoms with Crippen LogP contribution in [0.1, 0.15) is 43.9 Å². The molecular weight excluding hydrogens is 210 g/mol. The van der Waals surface area contributed by atoms with E-state index >= 15 is 0 Å². The zero-order valence-electron chi connectivity index (χ0n) is 11.3. The summed E-state index contributed by atoms with van der Waals surface area (Å²) in [5.74, 6) is 0.